The summed E-state index contributed by atoms with van der Waals surface area (Å²) in [6.45, 7) is 2.57. The molecule has 1 heterocycles. The van der Waals surface area contributed by atoms with Crippen LogP contribution in [0.2, 0.25) is 0 Å². The van der Waals surface area contributed by atoms with Crippen molar-refractivity contribution in [2.24, 2.45) is 0 Å². The first-order chi connectivity index (χ1) is 8.71. The van der Waals surface area contributed by atoms with E-state index in [1.807, 2.05) is 0 Å². The number of ether oxygens (including phenoxy) is 1. The third-order valence-corrected chi connectivity index (χ3v) is 2.49. The molecule has 2 N–H and O–H groups in total. The molecule has 0 bridgehead atoms. The SMILES string of the molecule is CCCC(COC)NC(=O)c1ccc(NC)nn1. The van der Waals surface area contributed by atoms with Gasteiger partial charge >= 0.3 is 0 Å². The van der Waals surface area contributed by atoms with Crippen molar-refractivity contribution in [2.75, 3.05) is 26.1 Å². The Labute approximate surface area is 107 Å². The van der Waals surface area contributed by atoms with Gasteiger partial charge in [0.05, 0.1) is 12.6 Å². The fraction of sp³-hybridized carbons (Fsp3) is 0.583. The molecule has 1 aromatic rings. The quantitative estimate of drug-likeness (QED) is 0.759. The van der Waals surface area contributed by atoms with E-state index in [1.165, 1.54) is 0 Å². The molecule has 0 saturated heterocycles. The Morgan fingerprint density at radius 2 is 2.22 bits per heavy atom. The highest BCUT2D eigenvalue weighted by Crippen LogP contribution is 2.03. The molecule has 0 fully saturated rings. The summed E-state index contributed by atoms with van der Waals surface area (Å²) in [4.78, 5) is 11.9. The molecule has 1 amide bonds. The zero-order chi connectivity index (χ0) is 13.4. The molecule has 6 nitrogen and oxygen atoms in total. The first kappa shape index (κ1) is 14.4. The molecular weight excluding hydrogens is 232 g/mol. The summed E-state index contributed by atoms with van der Waals surface area (Å²) >= 11 is 0. The molecule has 18 heavy (non-hydrogen) atoms. The average Bonchev–Trinajstić information content (AvgIpc) is 2.39. The van der Waals surface area contributed by atoms with Crippen molar-refractivity contribution in [1.82, 2.24) is 15.5 Å². The van der Waals surface area contributed by atoms with E-state index in [4.69, 9.17) is 4.74 Å². The van der Waals surface area contributed by atoms with E-state index in [-0.39, 0.29) is 11.9 Å². The smallest absolute Gasteiger partial charge is 0.272 e. The molecule has 1 unspecified atom stereocenters. The third kappa shape index (κ3) is 4.29. The van der Waals surface area contributed by atoms with Gasteiger partial charge in [-0.15, -0.1) is 10.2 Å². The van der Waals surface area contributed by atoms with E-state index in [0.717, 1.165) is 12.8 Å². The van der Waals surface area contributed by atoms with Gasteiger partial charge in [-0.25, -0.2) is 0 Å². The minimum atomic E-state index is -0.222. The Morgan fingerprint density at radius 1 is 1.44 bits per heavy atom. The van der Waals surface area contributed by atoms with Gasteiger partial charge in [0.1, 0.15) is 5.82 Å². The molecule has 1 aromatic heterocycles. The van der Waals surface area contributed by atoms with E-state index in [1.54, 1.807) is 26.3 Å². The normalized spacial score (nSPS) is 11.9. The van der Waals surface area contributed by atoms with Crippen LogP contribution in [0, 0.1) is 0 Å². The van der Waals surface area contributed by atoms with Gasteiger partial charge in [0.25, 0.3) is 5.91 Å². The van der Waals surface area contributed by atoms with Crippen LogP contribution in [-0.4, -0.2) is 42.9 Å². The second-order valence-electron chi connectivity index (χ2n) is 3.97. The number of nitrogens with zero attached hydrogens (tertiary/aromatic N) is 2. The maximum Gasteiger partial charge on any atom is 0.272 e. The van der Waals surface area contributed by atoms with Gasteiger partial charge in [-0.05, 0) is 18.6 Å². The first-order valence-electron chi connectivity index (χ1n) is 6.02. The number of carbonyl (C=O) groups is 1. The van der Waals surface area contributed by atoms with Crippen LogP contribution < -0.4 is 10.6 Å². The summed E-state index contributed by atoms with van der Waals surface area (Å²) < 4.78 is 5.07. The zero-order valence-electron chi connectivity index (χ0n) is 11.1. The van der Waals surface area contributed by atoms with Crippen molar-refractivity contribution in [1.29, 1.82) is 0 Å². The summed E-state index contributed by atoms with van der Waals surface area (Å²) in [7, 11) is 3.37. The molecule has 0 aromatic carbocycles. The van der Waals surface area contributed by atoms with Crippen LogP contribution in [0.3, 0.4) is 0 Å². The maximum atomic E-state index is 11.9. The minimum Gasteiger partial charge on any atom is -0.383 e. The molecule has 0 aliphatic carbocycles. The van der Waals surface area contributed by atoms with Gasteiger partial charge in [0, 0.05) is 14.2 Å². The van der Waals surface area contributed by atoms with Crippen LogP contribution in [-0.2, 0) is 4.74 Å². The molecule has 0 saturated carbocycles. The fourth-order valence-electron chi connectivity index (χ4n) is 1.59. The van der Waals surface area contributed by atoms with Crippen LogP contribution >= 0.6 is 0 Å². The van der Waals surface area contributed by atoms with Gasteiger partial charge in [0.2, 0.25) is 0 Å². The predicted molar refractivity (Wildman–Crippen MR) is 69.6 cm³/mol. The number of rotatable bonds is 7. The Bertz CT molecular complexity index is 361. The van der Waals surface area contributed by atoms with E-state index in [2.05, 4.69) is 27.8 Å². The lowest BCUT2D eigenvalue weighted by atomic mass is 10.2. The second-order valence-corrected chi connectivity index (χ2v) is 3.97. The highest BCUT2D eigenvalue weighted by Gasteiger charge is 2.14. The highest BCUT2D eigenvalue weighted by molar-refractivity contribution is 5.92. The number of nitrogens with one attached hydrogen (secondary N) is 2. The molecule has 0 spiro atoms. The minimum absolute atomic E-state index is 0.0123. The lowest BCUT2D eigenvalue weighted by Gasteiger charge is -2.16. The predicted octanol–water partition coefficient (Wildman–Crippen LogP) is 1.06. The Morgan fingerprint density at radius 3 is 2.72 bits per heavy atom. The van der Waals surface area contributed by atoms with E-state index in [0.29, 0.717) is 18.1 Å². The molecule has 100 valence electrons. The molecule has 0 radical (unpaired) electrons. The number of hydrogen-bond acceptors (Lipinski definition) is 5. The summed E-state index contributed by atoms with van der Waals surface area (Å²) in [6, 6.07) is 3.37. The van der Waals surface area contributed by atoms with Crippen molar-refractivity contribution >= 4 is 11.7 Å². The average molecular weight is 252 g/mol. The van der Waals surface area contributed by atoms with Crippen LogP contribution in [0.15, 0.2) is 12.1 Å². The summed E-state index contributed by atoms with van der Waals surface area (Å²) in [5.74, 6) is 0.411. The molecule has 1 rings (SSSR count). The number of methoxy groups -OCH3 is 1. The number of carbonyl (C=O) groups excluding carboxylic acids is 1. The van der Waals surface area contributed by atoms with Crippen molar-refractivity contribution in [2.45, 2.75) is 25.8 Å². The molecule has 6 heteroatoms. The van der Waals surface area contributed by atoms with Crippen molar-refractivity contribution in [3.05, 3.63) is 17.8 Å². The largest absolute Gasteiger partial charge is 0.383 e. The van der Waals surface area contributed by atoms with Crippen LogP contribution in [0.25, 0.3) is 0 Å². The van der Waals surface area contributed by atoms with Crippen LogP contribution in [0.5, 0.6) is 0 Å². The fourth-order valence-corrected chi connectivity index (χ4v) is 1.59. The van der Waals surface area contributed by atoms with E-state index in [9.17, 15) is 4.79 Å². The number of hydrogen-bond donors (Lipinski definition) is 2. The van der Waals surface area contributed by atoms with E-state index < -0.39 is 0 Å². The van der Waals surface area contributed by atoms with E-state index >= 15 is 0 Å². The Kier molecular flexibility index (Phi) is 6.07. The molecule has 0 aliphatic rings. The molecular formula is C12H20N4O2. The lowest BCUT2D eigenvalue weighted by molar-refractivity contribution is 0.0885. The second kappa shape index (κ2) is 7.60. The van der Waals surface area contributed by atoms with Gasteiger partial charge in [-0.1, -0.05) is 13.3 Å². The van der Waals surface area contributed by atoms with Crippen LogP contribution in [0.4, 0.5) is 5.82 Å². The van der Waals surface area contributed by atoms with Gasteiger partial charge < -0.3 is 15.4 Å². The zero-order valence-corrected chi connectivity index (χ0v) is 11.1. The van der Waals surface area contributed by atoms with Crippen molar-refractivity contribution < 1.29 is 9.53 Å². The summed E-state index contributed by atoms with van der Waals surface area (Å²) in [6.07, 6.45) is 1.86. The number of aromatic nitrogens is 2. The third-order valence-electron chi connectivity index (χ3n) is 2.49. The number of amides is 1. The van der Waals surface area contributed by atoms with Crippen molar-refractivity contribution in [3.63, 3.8) is 0 Å². The molecule has 0 aliphatic heterocycles. The Hall–Kier alpha value is -1.69. The topological polar surface area (TPSA) is 76.1 Å². The van der Waals surface area contributed by atoms with Gasteiger partial charge in [0.15, 0.2) is 5.69 Å². The monoisotopic (exact) mass is 252 g/mol. The Balaban J connectivity index is 2.61. The van der Waals surface area contributed by atoms with Crippen molar-refractivity contribution in [3.8, 4) is 0 Å². The number of anilines is 1. The summed E-state index contributed by atoms with van der Waals surface area (Å²) in [5.41, 5.74) is 0.311. The maximum absolute atomic E-state index is 11.9. The van der Waals surface area contributed by atoms with Gasteiger partial charge in [-0.3, -0.25) is 4.79 Å². The molecule has 1 atom stereocenters. The summed E-state index contributed by atoms with van der Waals surface area (Å²) in [5, 5.41) is 13.5. The standard InChI is InChI=1S/C12H20N4O2/c1-4-5-9(8-18-3)14-12(17)10-6-7-11(13-2)16-15-10/h6-7,9H,4-5,8H2,1-3H3,(H,13,16)(H,14,17). The van der Waals surface area contributed by atoms with Crippen LogP contribution in [0.1, 0.15) is 30.3 Å². The first-order valence-corrected chi connectivity index (χ1v) is 6.02. The lowest BCUT2D eigenvalue weighted by Crippen LogP contribution is -2.38. The highest BCUT2D eigenvalue weighted by atomic mass is 16.5. The van der Waals surface area contributed by atoms with Gasteiger partial charge in [-0.2, -0.15) is 0 Å².